The number of hydrogen-bond acceptors (Lipinski definition) is 5. The zero-order valence-electron chi connectivity index (χ0n) is 11.9. The molecular weight excluding hydrogens is 292 g/mol. The highest BCUT2D eigenvalue weighted by Crippen LogP contribution is 2.17. The number of rotatable bonds is 4. The number of carbonyl (C=O) groups is 1. The molecule has 6 nitrogen and oxygen atoms in total. The van der Waals surface area contributed by atoms with Gasteiger partial charge in [0.15, 0.2) is 0 Å². The Kier molecular flexibility index (Phi) is 4.96. The molecular formula is C17H12N4O2. The molecule has 0 spiro atoms. The van der Waals surface area contributed by atoms with Crippen molar-refractivity contribution in [1.29, 1.82) is 10.5 Å². The monoisotopic (exact) mass is 304 g/mol. The number of phenolic OH excluding ortho intramolecular Hbond substituents is 1. The van der Waals surface area contributed by atoms with E-state index in [1.165, 1.54) is 18.3 Å². The van der Waals surface area contributed by atoms with Gasteiger partial charge in [0.25, 0.3) is 5.91 Å². The Bertz CT molecular complexity index is 844. The Morgan fingerprint density at radius 3 is 2.61 bits per heavy atom. The highest BCUT2D eigenvalue weighted by Gasteiger charge is 2.10. The number of amides is 1. The van der Waals surface area contributed by atoms with Gasteiger partial charge in [-0.15, -0.1) is 0 Å². The zero-order chi connectivity index (χ0) is 16.7. The maximum atomic E-state index is 12.0. The molecule has 0 radical (unpaired) electrons. The van der Waals surface area contributed by atoms with Crippen LogP contribution in [0, 0.1) is 22.7 Å². The molecule has 23 heavy (non-hydrogen) atoms. The van der Waals surface area contributed by atoms with Crippen LogP contribution in [0.5, 0.6) is 5.75 Å². The lowest BCUT2D eigenvalue weighted by Gasteiger charge is -2.06. The number of nitriles is 2. The maximum Gasteiger partial charge on any atom is 0.267 e. The topological polar surface area (TPSA) is 109 Å². The van der Waals surface area contributed by atoms with E-state index in [1.807, 2.05) is 6.07 Å². The number of nitrogens with one attached hydrogen (secondary N) is 2. The molecule has 2 aromatic rings. The van der Waals surface area contributed by atoms with Crippen LogP contribution in [0.4, 0.5) is 11.4 Å². The molecule has 0 saturated heterocycles. The molecule has 0 aliphatic carbocycles. The van der Waals surface area contributed by atoms with Crippen LogP contribution in [0.3, 0.4) is 0 Å². The average molecular weight is 304 g/mol. The van der Waals surface area contributed by atoms with Crippen LogP contribution in [0.1, 0.15) is 5.56 Å². The fourth-order valence-electron chi connectivity index (χ4n) is 1.79. The van der Waals surface area contributed by atoms with E-state index in [0.29, 0.717) is 16.9 Å². The van der Waals surface area contributed by atoms with Crippen LogP contribution < -0.4 is 10.6 Å². The Balaban J connectivity index is 2.14. The van der Waals surface area contributed by atoms with E-state index in [9.17, 15) is 9.90 Å². The second kappa shape index (κ2) is 7.30. The summed E-state index contributed by atoms with van der Waals surface area (Å²) in [5, 5.41) is 32.7. The Morgan fingerprint density at radius 1 is 1.13 bits per heavy atom. The molecule has 2 rings (SSSR count). The summed E-state index contributed by atoms with van der Waals surface area (Å²) in [6.07, 6.45) is 1.23. The van der Waals surface area contributed by atoms with E-state index < -0.39 is 5.91 Å². The van der Waals surface area contributed by atoms with E-state index in [4.69, 9.17) is 10.5 Å². The average Bonchev–Trinajstić information content (AvgIpc) is 2.55. The lowest BCUT2D eigenvalue weighted by Crippen LogP contribution is -2.14. The van der Waals surface area contributed by atoms with Gasteiger partial charge in [0.1, 0.15) is 23.5 Å². The first-order valence-corrected chi connectivity index (χ1v) is 6.60. The summed E-state index contributed by atoms with van der Waals surface area (Å²) in [5.74, 6) is -0.619. The maximum absolute atomic E-state index is 12.0. The molecule has 6 heteroatoms. The molecule has 3 N–H and O–H groups in total. The first kappa shape index (κ1) is 15.6. The number of benzene rings is 2. The van der Waals surface area contributed by atoms with Crippen molar-refractivity contribution in [1.82, 2.24) is 0 Å². The summed E-state index contributed by atoms with van der Waals surface area (Å²) in [5.41, 5.74) is 1.09. The van der Waals surface area contributed by atoms with Crippen LogP contribution in [0.15, 0.2) is 60.3 Å². The van der Waals surface area contributed by atoms with Gasteiger partial charge in [0.2, 0.25) is 0 Å². The van der Waals surface area contributed by atoms with Crippen molar-refractivity contribution in [2.24, 2.45) is 0 Å². The van der Waals surface area contributed by atoms with Crippen molar-refractivity contribution in [3.05, 3.63) is 65.9 Å². The van der Waals surface area contributed by atoms with Crippen LogP contribution in [-0.2, 0) is 4.79 Å². The summed E-state index contributed by atoms with van der Waals surface area (Å²) in [6, 6.07) is 16.5. The lowest BCUT2D eigenvalue weighted by molar-refractivity contribution is -0.112. The first-order valence-electron chi connectivity index (χ1n) is 6.60. The second-order valence-electron chi connectivity index (χ2n) is 4.48. The lowest BCUT2D eigenvalue weighted by atomic mass is 10.2. The van der Waals surface area contributed by atoms with Gasteiger partial charge in [-0.3, -0.25) is 4.79 Å². The SMILES string of the molecule is N#C/C(=C/Nc1ccccc1C#N)C(=O)Nc1cccc(O)c1. The van der Waals surface area contributed by atoms with E-state index >= 15 is 0 Å². The van der Waals surface area contributed by atoms with E-state index in [1.54, 1.807) is 42.5 Å². The number of para-hydroxylation sites is 1. The molecule has 0 atom stereocenters. The quantitative estimate of drug-likeness (QED) is 0.594. The van der Waals surface area contributed by atoms with Gasteiger partial charge in [-0.05, 0) is 24.3 Å². The normalized spacial score (nSPS) is 10.3. The predicted molar refractivity (Wildman–Crippen MR) is 85.2 cm³/mol. The van der Waals surface area contributed by atoms with Gasteiger partial charge in [0, 0.05) is 18.0 Å². The van der Waals surface area contributed by atoms with Crippen molar-refractivity contribution < 1.29 is 9.90 Å². The third-order valence-electron chi connectivity index (χ3n) is 2.89. The second-order valence-corrected chi connectivity index (χ2v) is 4.48. The minimum absolute atomic E-state index is 0.00589. The molecule has 0 aliphatic rings. The van der Waals surface area contributed by atoms with E-state index in [0.717, 1.165) is 0 Å². The summed E-state index contributed by atoms with van der Waals surface area (Å²) >= 11 is 0. The van der Waals surface area contributed by atoms with Crippen molar-refractivity contribution in [2.75, 3.05) is 10.6 Å². The van der Waals surface area contributed by atoms with Crippen LogP contribution in [0.25, 0.3) is 0 Å². The summed E-state index contributed by atoms with van der Waals surface area (Å²) in [7, 11) is 0. The molecule has 0 bridgehead atoms. The summed E-state index contributed by atoms with van der Waals surface area (Å²) < 4.78 is 0. The molecule has 0 aromatic heterocycles. The van der Waals surface area contributed by atoms with Crippen molar-refractivity contribution in [3.63, 3.8) is 0 Å². The molecule has 0 heterocycles. The van der Waals surface area contributed by atoms with Gasteiger partial charge in [-0.1, -0.05) is 18.2 Å². The Labute approximate surface area is 132 Å². The third kappa shape index (κ3) is 4.10. The van der Waals surface area contributed by atoms with E-state index in [2.05, 4.69) is 10.6 Å². The molecule has 1 amide bonds. The molecule has 112 valence electrons. The van der Waals surface area contributed by atoms with Gasteiger partial charge in [-0.25, -0.2) is 0 Å². The highest BCUT2D eigenvalue weighted by molar-refractivity contribution is 6.06. The molecule has 0 fully saturated rings. The number of carbonyl (C=O) groups excluding carboxylic acids is 1. The molecule has 0 aliphatic heterocycles. The highest BCUT2D eigenvalue weighted by atomic mass is 16.3. The number of hydrogen-bond donors (Lipinski definition) is 3. The van der Waals surface area contributed by atoms with Gasteiger partial charge in [-0.2, -0.15) is 10.5 Å². The number of nitrogens with zero attached hydrogens (tertiary/aromatic N) is 2. The van der Waals surface area contributed by atoms with Crippen molar-refractivity contribution in [3.8, 4) is 17.9 Å². The largest absolute Gasteiger partial charge is 0.508 e. The van der Waals surface area contributed by atoms with Gasteiger partial charge < -0.3 is 15.7 Å². The minimum Gasteiger partial charge on any atom is -0.508 e. The standard InChI is InChI=1S/C17H12N4O2/c18-9-12-4-1-2-7-16(12)20-11-13(10-19)17(23)21-14-5-3-6-15(22)8-14/h1-8,11,20,22H,(H,21,23)/b13-11-. The first-order chi connectivity index (χ1) is 11.1. The number of phenols is 1. The van der Waals surface area contributed by atoms with Gasteiger partial charge >= 0.3 is 0 Å². The molecule has 0 saturated carbocycles. The number of anilines is 2. The van der Waals surface area contributed by atoms with E-state index in [-0.39, 0.29) is 11.3 Å². The van der Waals surface area contributed by atoms with Crippen molar-refractivity contribution in [2.45, 2.75) is 0 Å². The predicted octanol–water partition coefficient (Wildman–Crippen LogP) is 2.72. The van der Waals surface area contributed by atoms with Gasteiger partial charge in [0.05, 0.1) is 11.3 Å². The zero-order valence-corrected chi connectivity index (χ0v) is 11.9. The summed E-state index contributed by atoms with van der Waals surface area (Å²) in [4.78, 5) is 12.0. The smallest absolute Gasteiger partial charge is 0.267 e. The third-order valence-corrected chi connectivity index (χ3v) is 2.89. The molecule has 0 unspecified atom stereocenters. The fraction of sp³-hybridized carbons (Fsp3) is 0. The number of aromatic hydroxyl groups is 1. The Morgan fingerprint density at radius 2 is 1.91 bits per heavy atom. The summed E-state index contributed by atoms with van der Waals surface area (Å²) in [6.45, 7) is 0. The fourth-order valence-corrected chi connectivity index (χ4v) is 1.79. The minimum atomic E-state index is -0.625. The molecule has 2 aromatic carbocycles. The Hall–Kier alpha value is -3.77. The van der Waals surface area contributed by atoms with Crippen LogP contribution in [-0.4, -0.2) is 11.0 Å². The van der Waals surface area contributed by atoms with Crippen LogP contribution >= 0.6 is 0 Å². The van der Waals surface area contributed by atoms with Crippen LogP contribution in [0.2, 0.25) is 0 Å². The van der Waals surface area contributed by atoms with Crippen molar-refractivity contribution >= 4 is 17.3 Å².